The van der Waals surface area contributed by atoms with Gasteiger partial charge in [0.2, 0.25) is 0 Å². The molecule has 0 radical (unpaired) electrons. The fourth-order valence-electron chi connectivity index (χ4n) is 3.76. The van der Waals surface area contributed by atoms with Crippen LogP contribution >= 0.6 is 11.6 Å². The van der Waals surface area contributed by atoms with Crippen LogP contribution < -0.4 is 4.31 Å². The molecule has 1 aliphatic rings. The third-order valence-electron chi connectivity index (χ3n) is 5.87. The normalized spacial score (nSPS) is 19.4. The van der Waals surface area contributed by atoms with Gasteiger partial charge in [-0.2, -0.15) is 0 Å². The van der Waals surface area contributed by atoms with Gasteiger partial charge in [-0.05, 0) is 74.1 Å². The molecule has 2 aromatic rings. The van der Waals surface area contributed by atoms with Crippen LogP contribution in [0, 0.1) is 11.7 Å². The van der Waals surface area contributed by atoms with Crippen molar-refractivity contribution in [2.75, 3.05) is 18.4 Å². The fourth-order valence-corrected chi connectivity index (χ4v) is 5.18. The standard InChI is InChI=1S/C22H26ClFN2O3S/c1-15-4-8-17(9-5-15)25(2)22(27)20-14-19(12-13-21(20)23)30(28,29)26(3)18-10-6-16(24)7-11-18/h6-7,10-15,17H,4-5,8-9H2,1-3H3. The number of hydrogen-bond acceptors (Lipinski definition) is 3. The minimum Gasteiger partial charge on any atom is -0.339 e. The Morgan fingerprint density at radius 1 is 1.03 bits per heavy atom. The Balaban J connectivity index is 1.88. The lowest BCUT2D eigenvalue weighted by molar-refractivity contribution is 0.0679. The molecule has 0 bridgehead atoms. The molecule has 8 heteroatoms. The summed E-state index contributed by atoms with van der Waals surface area (Å²) < 4.78 is 40.4. The van der Waals surface area contributed by atoms with E-state index in [9.17, 15) is 17.6 Å². The largest absolute Gasteiger partial charge is 0.339 e. The van der Waals surface area contributed by atoms with Gasteiger partial charge in [0.15, 0.2) is 0 Å². The van der Waals surface area contributed by atoms with Crippen molar-refractivity contribution in [2.24, 2.45) is 5.92 Å². The maximum atomic E-state index is 13.2. The number of carbonyl (C=O) groups excluding carboxylic acids is 1. The molecule has 0 heterocycles. The highest BCUT2D eigenvalue weighted by molar-refractivity contribution is 7.92. The highest BCUT2D eigenvalue weighted by atomic mass is 35.5. The summed E-state index contributed by atoms with van der Waals surface area (Å²) >= 11 is 6.26. The monoisotopic (exact) mass is 452 g/mol. The van der Waals surface area contributed by atoms with Crippen molar-refractivity contribution in [2.45, 2.75) is 43.5 Å². The molecule has 162 valence electrons. The van der Waals surface area contributed by atoms with Crippen LogP contribution in [0.5, 0.6) is 0 Å². The first-order chi connectivity index (χ1) is 14.1. The van der Waals surface area contributed by atoms with Crippen LogP contribution in [0.1, 0.15) is 43.0 Å². The molecule has 0 aromatic heterocycles. The van der Waals surface area contributed by atoms with E-state index < -0.39 is 15.8 Å². The molecule has 0 atom stereocenters. The lowest BCUT2D eigenvalue weighted by Gasteiger charge is -2.34. The lowest BCUT2D eigenvalue weighted by atomic mass is 9.86. The minimum absolute atomic E-state index is 0.0484. The Hall–Kier alpha value is -2.12. The zero-order valence-corrected chi connectivity index (χ0v) is 18.9. The van der Waals surface area contributed by atoms with E-state index in [1.807, 2.05) is 0 Å². The molecule has 3 rings (SSSR count). The van der Waals surface area contributed by atoms with Crippen LogP contribution in [0.2, 0.25) is 5.02 Å². The summed E-state index contributed by atoms with van der Waals surface area (Å²) in [4.78, 5) is 14.7. The lowest BCUT2D eigenvalue weighted by Crippen LogP contribution is -2.39. The van der Waals surface area contributed by atoms with Gasteiger partial charge in [0.05, 0.1) is 21.2 Å². The van der Waals surface area contributed by atoms with E-state index in [4.69, 9.17) is 11.6 Å². The molecule has 0 unspecified atom stereocenters. The van der Waals surface area contributed by atoms with Gasteiger partial charge in [-0.15, -0.1) is 0 Å². The predicted octanol–water partition coefficient (Wildman–Crippen LogP) is 4.95. The van der Waals surface area contributed by atoms with E-state index in [1.54, 1.807) is 11.9 Å². The first-order valence-electron chi connectivity index (χ1n) is 9.92. The van der Waals surface area contributed by atoms with Gasteiger partial charge in [-0.1, -0.05) is 18.5 Å². The summed E-state index contributed by atoms with van der Waals surface area (Å²) in [5, 5.41) is 0.208. The number of halogens is 2. The zero-order chi connectivity index (χ0) is 22.1. The van der Waals surface area contributed by atoms with Crippen LogP contribution in [0.25, 0.3) is 0 Å². The van der Waals surface area contributed by atoms with E-state index in [-0.39, 0.29) is 27.4 Å². The van der Waals surface area contributed by atoms with Gasteiger partial charge in [0.1, 0.15) is 5.82 Å². The molecule has 0 aliphatic heterocycles. The molecule has 0 N–H and O–H groups in total. The van der Waals surface area contributed by atoms with Crippen LogP contribution in [0.4, 0.5) is 10.1 Å². The Bertz CT molecular complexity index is 1020. The minimum atomic E-state index is -3.95. The van der Waals surface area contributed by atoms with Crippen LogP contribution in [-0.2, 0) is 10.0 Å². The maximum Gasteiger partial charge on any atom is 0.264 e. The van der Waals surface area contributed by atoms with Gasteiger partial charge >= 0.3 is 0 Å². The molecule has 1 amide bonds. The zero-order valence-electron chi connectivity index (χ0n) is 17.3. The Morgan fingerprint density at radius 3 is 2.23 bits per heavy atom. The summed E-state index contributed by atoms with van der Waals surface area (Å²) in [6.45, 7) is 2.21. The number of benzene rings is 2. The number of sulfonamides is 1. The molecule has 0 spiro atoms. The summed E-state index contributed by atoms with van der Waals surface area (Å²) in [7, 11) is -0.830. The molecule has 2 aromatic carbocycles. The van der Waals surface area contributed by atoms with Crippen molar-refractivity contribution in [1.82, 2.24) is 4.90 Å². The van der Waals surface area contributed by atoms with Crippen LogP contribution in [0.15, 0.2) is 47.4 Å². The topological polar surface area (TPSA) is 57.7 Å². The average Bonchev–Trinajstić information content (AvgIpc) is 2.73. The fraction of sp³-hybridized carbons (Fsp3) is 0.409. The maximum absolute atomic E-state index is 13.2. The SMILES string of the molecule is CC1CCC(N(C)C(=O)c2cc(S(=O)(=O)N(C)c3ccc(F)cc3)ccc2Cl)CC1. The number of carbonyl (C=O) groups is 1. The third kappa shape index (κ3) is 4.62. The van der Waals surface area contributed by atoms with Crippen LogP contribution in [-0.4, -0.2) is 39.4 Å². The van der Waals surface area contributed by atoms with E-state index in [1.165, 1.54) is 49.5 Å². The van der Waals surface area contributed by atoms with E-state index in [0.29, 0.717) is 11.6 Å². The Labute approximate surface area is 182 Å². The first kappa shape index (κ1) is 22.6. The van der Waals surface area contributed by atoms with Gasteiger partial charge < -0.3 is 4.90 Å². The van der Waals surface area contributed by atoms with E-state index in [2.05, 4.69) is 6.92 Å². The number of hydrogen-bond donors (Lipinski definition) is 0. The number of rotatable bonds is 5. The second kappa shape index (κ2) is 8.94. The quantitative estimate of drug-likeness (QED) is 0.644. The summed E-state index contributed by atoms with van der Waals surface area (Å²) in [6.07, 6.45) is 3.97. The Morgan fingerprint density at radius 2 is 1.63 bits per heavy atom. The average molecular weight is 453 g/mol. The van der Waals surface area contributed by atoms with Crippen molar-refractivity contribution in [3.8, 4) is 0 Å². The highest BCUT2D eigenvalue weighted by Crippen LogP contribution is 2.30. The van der Waals surface area contributed by atoms with Crippen LogP contribution in [0.3, 0.4) is 0 Å². The predicted molar refractivity (Wildman–Crippen MR) is 117 cm³/mol. The second-order valence-electron chi connectivity index (χ2n) is 7.92. The summed E-state index contributed by atoms with van der Waals surface area (Å²) in [6, 6.07) is 9.39. The van der Waals surface area contributed by atoms with Gasteiger partial charge in [0.25, 0.3) is 15.9 Å². The molecular formula is C22H26ClFN2O3S. The highest BCUT2D eigenvalue weighted by Gasteiger charge is 2.28. The van der Waals surface area contributed by atoms with Crippen molar-refractivity contribution in [1.29, 1.82) is 0 Å². The molecule has 30 heavy (non-hydrogen) atoms. The van der Waals surface area contributed by atoms with E-state index in [0.717, 1.165) is 30.0 Å². The second-order valence-corrected chi connectivity index (χ2v) is 10.3. The molecule has 5 nitrogen and oxygen atoms in total. The molecule has 1 saturated carbocycles. The van der Waals surface area contributed by atoms with E-state index >= 15 is 0 Å². The number of anilines is 1. The smallest absolute Gasteiger partial charge is 0.264 e. The first-order valence-corrected chi connectivity index (χ1v) is 11.7. The number of nitrogens with zero attached hydrogens (tertiary/aromatic N) is 2. The molecular weight excluding hydrogens is 427 g/mol. The van der Waals surface area contributed by atoms with Crippen molar-refractivity contribution < 1.29 is 17.6 Å². The van der Waals surface area contributed by atoms with Gasteiger partial charge in [0, 0.05) is 20.1 Å². The summed E-state index contributed by atoms with van der Waals surface area (Å²) in [5.74, 6) is -0.0890. The van der Waals surface area contributed by atoms with Gasteiger partial charge in [-0.3, -0.25) is 9.10 Å². The van der Waals surface area contributed by atoms with Crippen molar-refractivity contribution in [3.63, 3.8) is 0 Å². The molecule has 1 fully saturated rings. The third-order valence-corrected chi connectivity index (χ3v) is 7.98. The van der Waals surface area contributed by atoms with Crippen molar-refractivity contribution >= 4 is 33.2 Å². The molecule has 1 aliphatic carbocycles. The Kier molecular flexibility index (Phi) is 6.72. The van der Waals surface area contributed by atoms with Gasteiger partial charge in [-0.25, -0.2) is 12.8 Å². The molecule has 0 saturated heterocycles. The van der Waals surface area contributed by atoms with Crippen molar-refractivity contribution in [3.05, 3.63) is 58.9 Å². The number of amides is 1. The summed E-state index contributed by atoms with van der Waals surface area (Å²) in [5.41, 5.74) is 0.471.